The van der Waals surface area contributed by atoms with Crippen molar-refractivity contribution in [2.45, 2.75) is 18.9 Å². The first-order valence-electron chi connectivity index (χ1n) is 6.18. The van der Waals surface area contributed by atoms with E-state index in [-0.39, 0.29) is 5.69 Å². The van der Waals surface area contributed by atoms with Crippen molar-refractivity contribution in [3.8, 4) is 0 Å². The van der Waals surface area contributed by atoms with Gasteiger partial charge in [0, 0.05) is 37.0 Å². The molecule has 1 aliphatic carbocycles. The molecule has 2 rings (SSSR count). The Morgan fingerprint density at radius 1 is 1.32 bits per heavy atom. The van der Waals surface area contributed by atoms with Gasteiger partial charge in [0.1, 0.15) is 0 Å². The largest absolute Gasteiger partial charge is 0.383 e. The molecule has 0 aliphatic heterocycles. The third-order valence-electron chi connectivity index (χ3n) is 2.73. The van der Waals surface area contributed by atoms with Gasteiger partial charge in [-0.25, -0.2) is 0 Å². The minimum absolute atomic E-state index is 0.0958. The SMILES string of the molecule is O=[N+]([O-])c1ccc(NCCNC(=S)NC2CC2)cc1. The summed E-state index contributed by atoms with van der Waals surface area (Å²) in [5.74, 6) is 0. The summed E-state index contributed by atoms with van der Waals surface area (Å²) < 4.78 is 0. The average molecular weight is 280 g/mol. The number of nitro benzene ring substituents is 1. The highest BCUT2D eigenvalue weighted by Crippen LogP contribution is 2.18. The maximum atomic E-state index is 10.5. The Bertz CT molecular complexity index is 459. The fraction of sp³-hybridized carbons (Fsp3) is 0.417. The quantitative estimate of drug-likeness (QED) is 0.318. The van der Waals surface area contributed by atoms with Crippen molar-refractivity contribution in [1.82, 2.24) is 10.6 Å². The summed E-state index contributed by atoms with van der Waals surface area (Å²) in [4.78, 5) is 10.1. The van der Waals surface area contributed by atoms with E-state index in [1.165, 1.54) is 25.0 Å². The second-order valence-corrected chi connectivity index (χ2v) is 4.81. The molecule has 0 heterocycles. The van der Waals surface area contributed by atoms with Crippen LogP contribution in [0.1, 0.15) is 12.8 Å². The molecular formula is C12H16N4O2S. The molecule has 0 bridgehead atoms. The van der Waals surface area contributed by atoms with Gasteiger partial charge in [0.15, 0.2) is 5.11 Å². The van der Waals surface area contributed by atoms with Crippen molar-refractivity contribution in [3.05, 3.63) is 34.4 Å². The fourth-order valence-corrected chi connectivity index (χ4v) is 1.82. The molecular weight excluding hydrogens is 264 g/mol. The molecule has 0 atom stereocenters. The highest BCUT2D eigenvalue weighted by atomic mass is 32.1. The lowest BCUT2D eigenvalue weighted by Crippen LogP contribution is -2.38. The van der Waals surface area contributed by atoms with Crippen LogP contribution in [0.5, 0.6) is 0 Å². The van der Waals surface area contributed by atoms with Gasteiger partial charge in [0.2, 0.25) is 0 Å². The third-order valence-corrected chi connectivity index (χ3v) is 2.99. The highest BCUT2D eigenvalue weighted by molar-refractivity contribution is 7.80. The summed E-state index contributed by atoms with van der Waals surface area (Å²) >= 11 is 5.12. The molecule has 1 aromatic rings. The highest BCUT2D eigenvalue weighted by Gasteiger charge is 2.21. The molecule has 0 unspecified atom stereocenters. The molecule has 7 heteroatoms. The van der Waals surface area contributed by atoms with Gasteiger partial charge in [0.25, 0.3) is 5.69 Å². The Labute approximate surface area is 116 Å². The minimum atomic E-state index is -0.409. The number of non-ortho nitro benzene ring substituents is 1. The standard InChI is InChI=1S/C12H16N4O2S/c17-16(18)11-5-3-9(4-6-11)13-7-8-14-12(19)15-10-1-2-10/h3-6,10,13H,1-2,7-8H2,(H2,14,15,19). The van der Waals surface area contributed by atoms with Crippen molar-refractivity contribution < 1.29 is 4.92 Å². The van der Waals surface area contributed by atoms with Crippen LogP contribution in [0, 0.1) is 10.1 Å². The monoisotopic (exact) mass is 280 g/mol. The number of hydrogen-bond donors (Lipinski definition) is 3. The van der Waals surface area contributed by atoms with E-state index in [0.717, 1.165) is 5.69 Å². The van der Waals surface area contributed by atoms with Crippen molar-refractivity contribution >= 4 is 28.7 Å². The van der Waals surface area contributed by atoms with Crippen LogP contribution in [0.4, 0.5) is 11.4 Å². The average Bonchev–Trinajstić information content (AvgIpc) is 3.19. The van der Waals surface area contributed by atoms with E-state index in [9.17, 15) is 10.1 Å². The Kier molecular flexibility index (Phi) is 4.51. The van der Waals surface area contributed by atoms with Crippen LogP contribution in [0.15, 0.2) is 24.3 Å². The molecule has 0 amide bonds. The van der Waals surface area contributed by atoms with E-state index < -0.39 is 4.92 Å². The summed E-state index contributed by atoms with van der Waals surface area (Å²) in [6.07, 6.45) is 2.39. The molecule has 0 spiro atoms. The zero-order valence-electron chi connectivity index (χ0n) is 10.4. The van der Waals surface area contributed by atoms with E-state index in [0.29, 0.717) is 24.2 Å². The predicted molar refractivity (Wildman–Crippen MR) is 78.3 cm³/mol. The zero-order valence-corrected chi connectivity index (χ0v) is 11.2. The first kappa shape index (κ1) is 13.5. The number of thiocarbonyl (C=S) groups is 1. The van der Waals surface area contributed by atoms with Gasteiger partial charge < -0.3 is 16.0 Å². The van der Waals surface area contributed by atoms with Gasteiger partial charge >= 0.3 is 0 Å². The molecule has 19 heavy (non-hydrogen) atoms. The summed E-state index contributed by atoms with van der Waals surface area (Å²) in [7, 11) is 0. The molecule has 102 valence electrons. The summed E-state index contributed by atoms with van der Waals surface area (Å²) in [6, 6.07) is 6.91. The van der Waals surface area contributed by atoms with Crippen LogP contribution in [0.25, 0.3) is 0 Å². The lowest BCUT2D eigenvalue weighted by molar-refractivity contribution is -0.384. The van der Waals surface area contributed by atoms with Crippen molar-refractivity contribution in [1.29, 1.82) is 0 Å². The Balaban J connectivity index is 1.64. The van der Waals surface area contributed by atoms with Gasteiger partial charge in [-0.2, -0.15) is 0 Å². The molecule has 1 aliphatic rings. The van der Waals surface area contributed by atoms with Crippen LogP contribution in [-0.4, -0.2) is 29.2 Å². The Hall–Kier alpha value is -1.89. The summed E-state index contributed by atoms with van der Waals surface area (Å²) in [5, 5.41) is 20.6. The molecule has 1 aromatic carbocycles. The van der Waals surface area contributed by atoms with E-state index in [1.807, 2.05) is 0 Å². The first-order valence-corrected chi connectivity index (χ1v) is 6.58. The van der Waals surface area contributed by atoms with Gasteiger partial charge in [0.05, 0.1) is 4.92 Å². The molecule has 3 N–H and O–H groups in total. The second kappa shape index (κ2) is 6.33. The summed E-state index contributed by atoms with van der Waals surface area (Å²) in [6.45, 7) is 1.40. The lowest BCUT2D eigenvalue weighted by atomic mass is 10.3. The number of benzene rings is 1. The van der Waals surface area contributed by atoms with Crippen molar-refractivity contribution in [2.75, 3.05) is 18.4 Å². The molecule has 1 fully saturated rings. The number of nitro groups is 1. The molecule has 0 radical (unpaired) electrons. The number of nitrogens with one attached hydrogen (secondary N) is 3. The summed E-state index contributed by atoms with van der Waals surface area (Å²) in [5.41, 5.74) is 0.951. The van der Waals surface area contributed by atoms with Crippen LogP contribution < -0.4 is 16.0 Å². The van der Waals surface area contributed by atoms with Gasteiger partial charge in [-0.3, -0.25) is 10.1 Å². The van der Waals surface area contributed by atoms with Gasteiger partial charge in [-0.05, 0) is 37.2 Å². The van der Waals surface area contributed by atoms with Gasteiger partial charge in [-0.1, -0.05) is 0 Å². The minimum Gasteiger partial charge on any atom is -0.383 e. The first-order chi connectivity index (χ1) is 9.15. The molecule has 0 aromatic heterocycles. The van der Waals surface area contributed by atoms with E-state index in [4.69, 9.17) is 12.2 Å². The fourth-order valence-electron chi connectivity index (χ4n) is 1.55. The van der Waals surface area contributed by atoms with E-state index in [2.05, 4.69) is 16.0 Å². The predicted octanol–water partition coefficient (Wildman–Crippen LogP) is 1.63. The molecule has 6 nitrogen and oxygen atoms in total. The van der Waals surface area contributed by atoms with Crippen LogP contribution >= 0.6 is 12.2 Å². The van der Waals surface area contributed by atoms with E-state index >= 15 is 0 Å². The van der Waals surface area contributed by atoms with Crippen LogP contribution in [0.3, 0.4) is 0 Å². The Morgan fingerprint density at radius 3 is 2.58 bits per heavy atom. The lowest BCUT2D eigenvalue weighted by Gasteiger charge is -2.10. The molecule has 0 saturated heterocycles. The van der Waals surface area contributed by atoms with Gasteiger partial charge in [-0.15, -0.1) is 0 Å². The van der Waals surface area contributed by atoms with E-state index in [1.54, 1.807) is 12.1 Å². The second-order valence-electron chi connectivity index (χ2n) is 4.41. The topological polar surface area (TPSA) is 79.2 Å². The van der Waals surface area contributed by atoms with Crippen LogP contribution in [-0.2, 0) is 0 Å². The number of anilines is 1. The number of nitrogens with zero attached hydrogens (tertiary/aromatic N) is 1. The smallest absolute Gasteiger partial charge is 0.269 e. The normalized spacial score (nSPS) is 13.7. The maximum Gasteiger partial charge on any atom is 0.269 e. The zero-order chi connectivity index (χ0) is 13.7. The number of rotatable bonds is 6. The Morgan fingerprint density at radius 2 is 2.00 bits per heavy atom. The van der Waals surface area contributed by atoms with Crippen LogP contribution in [0.2, 0.25) is 0 Å². The third kappa shape index (κ3) is 4.70. The maximum absolute atomic E-state index is 10.5. The molecule has 1 saturated carbocycles. The number of hydrogen-bond acceptors (Lipinski definition) is 4. The van der Waals surface area contributed by atoms with Crippen molar-refractivity contribution in [2.24, 2.45) is 0 Å². The van der Waals surface area contributed by atoms with Crippen molar-refractivity contribution in [3.63, 3.8) is 0 Å².